The van der Waals surface area contributed by atoms with Crippen LogP contribution in [0.15, 0.2) is 59.7 Å². The Kier molecular flexibility index (Phi) is 4.65. The summed E-state index contributed by atoms with van der Waals surface area (Å²) in [6.45, 7) is 3.71. The second-order valence-corrected chi connectivity index (χ2v) is 6.47. The van der Waals surface area contributed by atoms with Crippen LogP contribution in [-0.4, -0.2) is 28.7 Å². The van der Waals surface area contributed by atoms with Crippen LogP contribution in [0.5, 0.6) is 0 Å². The van der Waals surface area contributed by atoms with Gasteiger partial charge >= 0.3 is 6.03 Å². The molecule has 0 bridgehead atoms. The van der Waals surface area contributed by atoms with Crippen LogP contribution in [0.25, 0.3) is 0 Å². The number of imide groups is 1. The molecule has 1 atom stereocenters. The van der Waals surface area contributed by atoms with Crippen LogP contribution >= 0.6 is 0 Å². The second kappa shape index (κ2) is 6.89. The molecule has 0 spiro atoms. The lowest BCUT2D eigenvalue weighted by Crippen LogP contribution is -2.44. The Hall–Kier alpha value is -2.95. The molecule has 2 aromatic rings. The number of benzene rings is 2. The van der Waals surface area contributed by atoms with Crippen LogP contribution in [0.4, 0.5) is 4.79 Å². The van der Waals surface area contributed by atoms with E-state index in [0.29, 0.717) is 12.8 Å². The molecular formula is C20H21N3O2. The van der Waals surface area contributed by atoms with Gasteiger partial charge in [0, 0.05) is 0 Å². The van der Waals surface area contributed by atoms with Gasteiger partial charge in [-0.1, -0.05) is 54.6 Å². The van der Waals surface area contributed by atoms with E-state index in [2.05, 4.69) is 10.4 Å². The molecule has 0 unspecified atom stereocenters. The van der Waals surface area contributed by atoms with Crippen molar-refractivity contribution in [1.82, 2.24) is 10.3 Å². The molecule has 1 heterocycles. The number of rotatable bonds is 5. The van der Waals surface area contributed by atoms with E-state index in [4.69, 9.17) is 0 Å². The molecule has 128 valence electrons. The molecule has 0 saturated carbocycles. The highest BCUT2D eigenvalue weighted by molar-refractivity contribution is 6.07. The van der Waals surface area contributed by atoms with E-state index in [-0.39, 0.29) is 5.91 Å². The Bertz CT molecular complexity index is 817. The molecule has 3 rings (SSSR count). The standard InChI is InChI=1S/C20H21N3O2/c1-15-8-6-7-11-17(15)14-21-23-18(24)20(2,22-19(23)25)13-12-16-9-4-3-5-10-16/h3-11,14H,12-13H2,1-2H3,(H,22,25)/b21-14-/t20-/m0/s1. The Morgan fingerprint density at radius 1 is 1.08 bits per heavy atom. The first kappa shape index (κ1) is 16.9. The Labute approximate surface area is 147 Å². The molecule has 1 fully saturated rings. The highest BCUT2D eigenvalue weighted by Crippen LogP contribution is 2.23. The maximum absolute atomic E-state index is 12.7. The van der Waals surface area contributed by atoms with Crippen LogP contribution in [0.1, 0.15) is 30.0 Å². The number of aryl methyl sites for hydroxylation is 2. The fourth-order valence-corrected chi connectivity index (χ4v) is 2.83. The molecule has 3 amide bonds. The van der Waals surface area contributed by atoms with Crippen molar-refractivity contribution in [3.8, 4) is 0 Å². The van der Waals surface area contributed by atoms with Crippen molar-refractivity contribution in [3.05, 3.63) is 71.3 Å². The van der Waals surface area contributed by atoms with Crippen molar-refractivity contribution in [3.63, 3.8) is 0 Å². The zero-order chi connectivity index (χ0) is 17.9. The number of urea groups is 1. The van der Waals surface area contributed by atoms with E-state index in [1.807, 2.05) is 61.5 Å². The predicted octanol–water partition coefficient (Wildman–Crippen LogP) is 3.27. The van der Waals surface area contributed by atoms with Crippen LogP contribution in [0, 0.1) is 6.92 Å². The van der Waals surface area contributed by atoms with Gasteiger partial charge in [-0.3, -0.25) is 4.79 Å². The molecule has 0 aromatic heterocycles. The fourth-order valence-electron chi connectivity index (χ4n) is 2.83. The number of amides is 3. The Balaban J connectivity index is 1.72. The van der Waals surface area contributed by atoms with Gasteiger partial charge in [-0.05, 0) is 43.4 Å². The molecule has 5 nitrogen and oxygen atoms in total. The van der Waals surface area contributed by atoms with E-state index in [0.717, 1.165) is 21.7 Å². The number of hydrazone groups is 1. The lowest BCUT2D eigenvalue weighted by molar-refractivity contribution is -0.130. The summed E-state index contributed by atoms with van der Waals surface area (Å²) in [6, 6.07) is 17.1. The summed E-state index contributed by atoms with van der Waals surface area (Å²) in [5.41, 5.74) is 2.11. The summed E-state index contributed by atoms with van der Waals surface area (Å²) >= 11 is 0. The normalized spacial score (nSPS) is 20.3. The van der Waals surface area contributed by atoms with Gasteiger partial charge < -0.3 is 5.32 Å². The third-order valence-corrected chi connectivity index (χ3v) is 4.50. The van der Waals surface area contributed by atoms with Crippen molar-refractivity contribution in [2.75, 3.05) is 0 Å². The number of nitrogens with one attached hydrogen (secondary N) is 1. The van der Waals surface area contributed by atoms with Gasteiger partial charge in [-0.15, -0.1) is 5.01 Å². The van der Waals surface area contributed by atoms with Crippen molar-refractivity contribution >= 4 is 18.2 Å². The minimum atomic E-state index is -0.935. The maximum atomic E-state index is 12.7. The number of carbonyl (C=O) groups excluding carboxylic acids is 2. The quantitative estimate of drug-likeness (QED) is 0.673. The maximum Gasteiger partial charge on any atom is 0.346 e. The predicted molar refractivity (Wildman–Crippen MR) is 97.3 cm³/mol. The van der Waals surface area contributed by atoms with Crippen LogP contribution in [-0.2, 0) is 11.2 Å². The van der Waals surface area contributed by atoms with Crippen molar-refractivity contribution in [1.29, 1.82) is 0 Å². The van der Waals surface area contributed by atoms with Gasteiger partial charge in [-0.25, -0.2) is 4.79 Å². The Morgan fingerprint density at radius 2 is 1.76 bits per heavy atom. The summed E-state index contributed by atoms with van der Waals surface area (Å²) in [7, 11) is 0. The summed E-state index contributed by atoms with van der Waals surface area (Å²) in [5.74, 6) is -0.321. The van der Waals surface area contributed by atoms with Crippen molar-refractivity contribution in [2.45, 2.75) is 32.2 Å². The molecule has 0 radical (unpaired) electrons. The first-order valence-corrected chi connectivity index (χ1v) is 8.30. The van der Waals surface area contributed by atoms with Crippen LogP contribution in [0.3, 0.4) is 0 Å². The zero-order valence-electron chi connectivity index (χ0n) is 14.4. The molecule has 1 saturated heterocycles. The zero-order valence-corrected chi connectivity index (χ0v) is 14.4. The molecule has 0 aliphatic carbocycles. The largest absolute Gasteiger partial charge is 0.346 e. The number of hydrogen-bond acceptors (Lipinski definition) is 3. The highest BCUT2D eigenvalue weighted by atomic mass is 16.2. The van der Waals surface area contributed by atoms with E-state index < -0.39 is 11.6 Å². The summed E-state index contributed by atoms with van der Waals surface area (Å²) in [5, 5.41) is 7.82. The smallest absolute Gasteiger partial charge is 0.322 e. The van der Waals surface area contributed by atoms with Gasteiger partial charge in [0.1, 0.15) is 5.54 Å². The third-order valence-electron chi connectivity index (χ3n) is 4.50. The van der Waals surface area contributed by atoms with Gasteiger partial charge in [-0.2, -0.15) is 5.10 Å². The third kappa shape index (κ3) is 3.60. The van der Waals surface area contributed by atoms with Gasteiger partial charge in [0.25, 0.3) is 5.91 Å². The van der Waals surface area contributed by atoms with E-state index in [1.54, 1.807) is 13.1 Å². The first-order chi connectivity index (χ1) is 12.0. The van der Waals surface area contributed by atoms with Gasteiger partial charge in [0.2, 0.25) is 0 Å². The second-order valence-electron chi connectivity index (χ2n) is 6.47. The highest BCUT2D eigenvalue weighted by Gasteiger charge is 2.47. The minimum absolute atomic E-state index is 0.321. The summed E-state index contributed by atoms with van der Waals surface area (Å²) in [4.78, 5) is 24.9. The summed E-state index contributed by atoms with van der Waals surface area (Å²) in [6.07, 6.45) is 2.78. The molecule has 25 heavy (non-hydrogen) atoms. The molecule has 1 aliphatic rings. The van der Waals surface area contributed by atoms with E-state index >= 15 is 0 Å². The molecule has 5 heteroatoms. The van der Waals surface area contributed by atoms with Gasteiger partial charge in [0.05, 0.1) is 6.21 Å². The molecule has 2 aromatic carbocycles. The Morgan fingerprint density at radius 3 is 2.48 bits per heavy atom. The minimum Gasteiger partial charge on any atom is -0.322 e. The topological polar surface area (TPSA) is 61.8 Å². The lowest BCUT2D eigenvalue weighted by atomic mass is 9.93. The van der Waals surface area contributed by atoms with E-state index in [9.17, 15) is 9.59 Å². The SMILES string of the molecule is Cc1ccccc1/C=N\N1C(=O)N[C@@](C)(CCc2ccccc2)C1=O. The fraction of sp³-hybridized carbons (Fsp3) is 0.250. The van der Waals surface area contributed by atoms with Crippen LogP contribution < -0.4 is 5.32 Å². The van der Waals surface area contributed by atoms with Crippen LogP contribution in [0.2, 0.25) is 0 Å². The lowest BCUT2D eigenvalue weighted by Gasteiger charge is -2.20. The molecule has 1 N–H and O–H groups in total. The van der Waals surface area contributed by atoms with Gasteiger partial charge in [0.15, 0.2) is 0 Å². The monoisotopic (exact) mass is 335 g/mol. The average Bonchev–Trinajstić information content (AvgIpc) is 2.83. The number of hydrogen-bond donors (Lipinski definition) is 1. The molecule has 1 aliphatic heterocycles. The van der Waals surface area contributed by atoms with Crippen molar-refractivity contribution < 1.29 is 9.59 Å². The number of nitrogens with zero attached hydrogens (tertiary/aromatic N) is 2. The van der Waals surface area contributed by atoms with E-state index in [1.165, 1.54) is 0 Å². The summed E-state index contributed by atoms with van der Waals surface area (Å²) < 4.78 is 0. The average molecular weight is 335 g/mol. The number of carbonyl (C=O) groups is 2. The van der Waals surface area contributed by atoms with Crippen molar-refractivity contribution in [2.24, 2.45) is 5.10 Å². The first-order valence-electron chi connectivity index (χ1n) is 8.30. The molecular weight excluding hydrogens is 314 g/mol.